The Kier molecular flexibility index (Phi) is 6.82. The van der Waals surface area contributed by atoms with Gasteiger partial charge in [-0.15, -0.1) is 0 Å². The second kappa shape index (κ2) is 10.7. The molecular formula is C33H40ClN5O2. The molecular weight excluding hydrogens is 534 g/mol. The van der Waals surface area contributed by atoms with Crippen LogP contribution in [0, 0.1) is 5.41 Å². The Morgan fingerprint density at radius 1 is 1.00 bits per heavy atom. The first-order valence-electron chi connectivity index (χ1n) is 15.6. The number of ether oxygens (including phenoxy) is 2. The number of aromatic nitrogens is 2. The van der Waals surface area contributed by atoms with E-state index in [1.165, 1.54) is 60.9 Å². The molecule has 0 unspecified atom stereocenters. The van der Waals surface area contributed by atoms with Crippen LogP contribution in [0.5, 0.6) is 6.01 Å². The Balaban J connectivity index is 1.09. The molecule has 216 valence electrons. The monoisotopic (exact) mass is 573 g/mol. The average Bonchev–Trinajstić information content (AvgIpc) is 3.69. The number of benzene rings is 2. The minimum atomic E-state index is 0.233. The maximum atomic E-state index is 6.74. The number of anilines is 1. The molecule has 4 aliphatic heterocycles. The van der Waals surface area contributed by atoms with Gasteiger partial charge in [0.05, 0.1) is 42.8 Å². The van der Waals surface area contributed by atoms with Gasteiger partial charge in [0.25, 0.3) is 0 Å². The molecule has 1 aromatic heterocycles. The van der Waals surface area contributed by atoms with E-state index < -0.39 is 0 Å². The van der Waals surface area contributed by atoms with Crippen LogP contribution in [0.3, 0.4) is 0 Å². The van der Waals surface area contributed by atoms with Crippen LogP contribution in [0.1, 0.15) is 61.4 Å². The lowest BCUT2D eigenvalue weighted by Gasteiger charge is -2.35. The summed E-state index contributed by atoms with van der Waals surface area (Å²) in [5.74, 6) is 0.481. The predicted octanol–water partition coefficient (Wildman–Crippen LogP) is 5.34. The maximum Gasteiger partial charge on any atom is 0.316 e. The molecule has 4 fully saturated rings. The number of hydrogen-bond acceptors (Lipinski definition) is 7. The summed E-state index contributed by atoms with van der Waals surface area (Å²) in [6.07, 6.45) is 8.30. The van der Waals surface area contributed by atoms with E-state index in [0.29, 0.717) is 30.6 Å². The molecule has 3 atom stereocenters. The third kappa shape index (κ3) is 5.20. The molecule has 41 heavy (non-hydrogen) atoms. The lowest BCUT2D eigenvalue weighted by molar-refractivity contribution is 0.0231. The van der Waals surface area contributed by atoms with Crippen LogP contribution in [-0.4, -0.2) is 73.0 Å². The lowest BCUT2D eigenvalue weighted by atomic mass is 9.85. The number of fused-ring (bicyclic) bond motifs is 4. The molecule has 3 saturated heterocycles. The van der Waals surface area contributed by atoms with Crippen molar-refractivity contribution < 1.29 is 9.47 Å². The van der Waals surface area contributed by atoms with Crippen molar-refractivity contribution in [2.45, 2.75) is 69.5 Å². The van der Waals surface area contributed by atoms with Crippen LogP contribution in [0.15, 0.2) is 36.4 Å². The lowest BCUT2D eigenvalue weighted by Crippen LogP contribution is -2.41. The number of hydrogen-bond donors (Lipinski definition) is 1. The van der Waals surface area contributed by atoms with Gasteiger partial charge in [-0.25, -0.2) is 0 Å². The van der Waals surface area contributed by atoms with Crippen molar-refractivity contribution in [3.8, 4) is 6.01 Å². The van der Waals surface area contributed by atoms with Crippen molar-refractivity contribution in [1.29, 1.82) is 0 Å². The molecule has 5 aliphatic rings. The number of nitrogens with one attached hydrogen (secondary N) is 1. The predicted molar refractivity (Wildman–Crippen MR) is 162 cm³/mol. The Morgan fingerprint density at radius 2 is 1.78 bits per heavy atom. The molecule has 8 heteroatoms. The molecule has 8 rings (SSSR count). The maximum absolute atomic E-state index is 6.74. The number of nitrogens with zero attached hydrogens (tertiary/aromatic N) is 4. The molecule has 0 amide bonds. The third-order valence-corrected chi connectivity index (χ3v) is 10.6. The highest BCUT2D eigenvalue weighted by molar-refractivity contribution is 6.36. The largest absolute Gasteiger partial charge is 0.463 e. The van der Waals surface area contributed by atoms with Crippen LogP contribution in [0.4, 0.5) is 5.69 Å². The van der Waals surface area contributed by atoms with Crippen LogP contribution in [-0.2, 0) is 17.7 Å². The molecule has 1 saturated carbocycles. The third-order valence-electron chi connectivity index (χ3n) is 10.2. The smallest absolute Gasteiger partial charge is 0.316 e. The second-order valence-corrected chi connectivity index (χ2v) is 13.5. The number of rotatable bonds is 7. The molecule has 2 aromatic carbocycles. The summed E-state index contributed by atoms with van der Waals surface area (Å²) >= 11 is 6.74. The zero-order valence-corrected chi connectivity index (χ0v) is 24.5. The van der Waals surface area contributed by atoms with Gasteiger partial charge in [-0.05, 0) is 68.0 Å². The fraction of sp³-hybridized carbons (Fsp3) is 0.576. The van der Waals surface area contributed by atoms with Crippen molar-refractivity contribution in [2.24, 2.45) is 5.41 Å². The molecule has 7 nitrogen and oxygen atoms in total. The molecule has 1 N–H and O–H groups in total. The van der Waals surface area contributed by atoms with Gasteiger partial charge >= 0.3 is 6.01 Å². The molecule has 1 aliphatic carbocycles. The van der Waals surface area contributed by atoms with E-state index in [-0.39, 0.29) is 5.41 Å². The first kappa shape index (κ1) is 26.2. The van der Waals surface area contributed by atoms with Gasteiger partial charge in [0.2, 0.25) is 0 Å². The van der Waals surface area contributed by atoms with E-state index in [2.05, 4.69) is 39.4 Å². The highest BCUT2D eigenvalue weighted by Crippen LogP contribution is 2.47. The summed E-state index contributed by atoms with van der Waals surface area (Å²) in [4.78, 5) is 15.3. The van der Waals surface area contributed by atoms with Gasteiger partial charge in [0.1, 0.15) is 0 Å². The quantitative estimate of drug-likeness (QED) is 0.409. The fourth-order valence-corrected chi connectivity index (χ4v) is 8.12. The highest BCUT2D eigenvalue weighted by Gasteiger charge is 2.45. The van der Waals surface area contributed by atoms with E-state index in [0.717, 1.165) is 68.5 Å². The first-order chi connectivity index (χ1) is 20.1. The van der Waals surface area contributed by atoms with Gasteiger partial charge in [0, 0.05) is 60.7 Å². The number of morpholine rings is 1. The summed E-state index contributed by atoms with van der Waals surface area (Å²) < 4.78 is 12.1. The zero-order chi connectivity index (χ0) is 27.4. The SMILES string of the molecule is Clc1cccc2cccc(N3CCc4c(nc(OCC5(CN6CCOCC6)CC5)nc4[C@@H]4C[C@H]5CC[C@@H](C4)N5)C3)c12. The van der Waals surface area contributed by atoms with Crippen LogP contribution >= 0.6 is 11.6 Å². The number of halogens is 1. The minimum Gasteiger partial charge on any atom is -0.463 e. The second-order valence-electron chi connectivity index (χ2n) is 13.1. The highest BCUT2D eigenvalue weighted by atomic mass is 35.5. The normalized spacial score (nSPS) is 27.1. The molecule has 0 spiro atoms. The van der Waals surface area contributed by atoms with Crippen LogP contribution in [0.25, 0.3) is 10.8 Å². The summed E-state index contributed by atoms with van der Waals surface area (Å²) in [5.41, 5.74) is 5.17. The molecule has 3 aromatic rings. The summed E-state index contributed by atoms with van der Waals surface area (Å²) in [7, 11) is 0. The first-order valence-corrected chi connectivity index (χ1v) is 16.0. The van der Waals surface area contributed by atoms with Gasteiger partial charge in [0.15, 0.2) is 0 Å². The van der Waals surface area contributed by atoms with Crippen molar-refractivity contribution in [3.63, 3.8) is 0 Å². The van der Waals surface area contributed by atoms with E-state index in [4.69, 9.17) is 31.0 Å². The van der Waals surface area contributed by atoms with Crippen LogP contribution in [0.2, 0.25) is 5.02 Å². The Hall–Kier alpha value is -2.45. The standard InChI is InChI=1S/C33H40ClN5O2/c34-27-5-1-3-22-4-2-6-29(30(22)27)39-12-9-26-28(19-39)36-32(37-31(26)23-17-24-7-8-25(18-23)35-24)41-21-33(10-11-33)20-38-13-15-40-16-14-38/h1-6,23-25,35H,7-21H2/t23-,24-,25+. The van der Waals surface area contributed by atoms with Crippen molar-refractivity contribution in [2.75, 3.05) is 50.9 Å². The number of piperidine rings is 1. The molecule has 0 radical (unpaired) electrons. The molecule has 5 heterocycles. The summed E-state index contributed by atoms with van der Waals surface area (Å²) in [6, 6.07) is 14.5. The fourth-order valence-electron chi connectivity index (χ4n) is 7.84. The Bertz CT molecular complexity index is 1420. The van der Waals surface area contributed by atoms with E-state index in [1.54, 1.807) is 0 Å². The summed E-state index contributed by atoms with van der Waals surface area (Å²) in [6.45, 7) is 7.19. The van der Waals surface area contributed by atoms with E-state index in [9.17, 15) is 0 Å². The van der Waals surface area contributed by atoms with Crippen molar-refractivity contribution >= 4 is 28.1 Å². The Labute approximate surface area is 247 Å². The van der Waals surface area contributed by atoms with Gasteiger partial charge < -0.3 is 19.7 Å². The molecule has 2 bridgehead atoms. The van der Waals surface area contributed by atoms with E-state index in [1.807, 2.05) is 12.1 Å². The van der Waals surface area contributed by atoms with Gasteiger partial charge in [-0.2, -0.15) is 9.97 Å². The topological polar surface area (TPSA) is 62.8 Å². The van der Waals surface area contributed by atoms with Gasteiger partial charge in [-0.3, -0.25) is 4.90 Å². The van der Waals surface area contributed by atoms with Crippen LogP contribution < -0.4 is 15.0 Å². The zero-order valence-electron chi connectivity index (χ0n) is 23.8. The minimum absolute atomic E-state index is 0.233. The average molecular weight is 574 g/mol. The Morgan fingerprint density at radius 3 is 2.56 bits per heavy atom. The summed E-state index contributed by atoms with van der Waals surface area (Å²) in [5, 5.41) is 6.92. The van der Waals surface area contributed by atoms with E-state index >= 15 is 0 Å². The van der Waals surface area contributed by atoms with Crippen molar-refractivity contribution in [3.05, 3.63) is 58.4 Å². The van der Waals surface area contributed by atoms with Crippen molar-refractivity contribution in [1.82, 2.24) is 20.2 Å². The van der Waals surface area contributed by atoms with Gasteiger partial charge in [-0.1, -0.05) is 35.9 Å².